The number of fused-ring (bicyclic) bond motifs is 2. The Balaban J connectivity index is 1.30. The Hall–Kier alpha value is -0.930. The average Bonchev–Trinajstić information content (AvgIpc) is 3.01. The van der Waals surface area contributed by atoms with E-state index in [0.29, 0.717) is 16.9 Å². The fourth-order valence-corrected chi connectivity index (χ4v) is 9.58. The lowest BCUT2D eigenvalue weighted by atomic mass is 9.43. The molecule has 0 aliphatic heterocycles. The van der Waals surface area contributed by atoms with Gasteiger partial charge in [-0.2, -0.15) is 0 Å². The van der Waals surface area contributed by atoms with Crippen LogP contribution in [0.3, 0.4) is 0 Å². The van der Waals surface area contributed by atoms with Crippen molar-refractivity contribution in [2.45, 2.75) is 76.2 Å². The van der Waals surface area contributed by atoms with E-state index in [1.165, 1.54) is 62.8 Å². The Morgan fingerprint density at radius 3 is 2.55 bits per heavy atom. The monoisotopic (exact) mass is 408 g/mol. The summed E-state index contributed by atoms with van der Waals surface area (Å²) >= 11 is 6.25. The lowest BCUT2D eigenvalue weighted by Gasteiger charge is -2.60. The first-order valence-corrected chi connectivity index (χ1v) is 12.5. The number of benzene rings is 1. The topological polar surface area (TPSA) is 38.0 Å². The van der Waals surface area contributed by atoms with Gasteiger partial charge < -0.3 is 11.1 Å². The molecule has 0 amide bonds. The number of hydrogen-bond donors (Lipinski definition) is 2. The van der Waals surface area contributed by atoms with E-state index in [2.05, 4.69) is 42.6 Å². The van der Waals surface area contributed by atoms with Crippen molar-refractivity contribution in [2.24, 2.45) is 40.2 Å². The maximum absolute atomic E-state index is 6.25. The predicted octanol–water partition coefficient (Wildman–Crippen LogP) is 5.21. The molecule has 1 aromatic rings. The molecule has 2 nitrogen and oxygen atoms in total. The standard InChI is InChI=1S/C26H36N2S/c1-17-19-11-24(23(29)28-21-9-7-18(14-27)8-10-21)15-25(20-5-3-2-4-6-20)13-22(17)26(25,12-19)16-24/h2-6,17-19,21-22H,7-16,27H2,1H3,(H,28,29). The molecule has 5 aliphatic carbocycles. The van der Waals surface area contributed by atoms with Crippen LogP contribution in [0.5, 0.6) is 0 Å². The van der Waals surface area contributed by atoms with Crippen molar-refractivity contribution in [2.75, 3.05) is 6.54 Å². The highest BCUT2D eigenvalue weighted by Crippen LogP contribution is 2.85. The molecule has 0 radical (unpaired) electrons. The summed E-state index contributed by atoms with van der Waals surface area (Å²) in [5.41, 5.74) is 8.68. The first-order valence-electron chi connectivity index (χ1n) is 12.1. The predicted molar refractivity (Wildman–Crippen MR) is 123 cm³/mol. The summed E-state index contributed by atoms with van der Waals surface area (Å²) < 4.78 is 0. The largest absolute Gasteiger partial charge is 0.376 e. The summed E-state index contributed by atoms with van der Waals surface area (Å²) in [7, 11) is 0. The van der Waals surface area contributed by atoms with Crippen LogP contribution >= 0.6 is 12.2 Å². The molecule has 6 rings (SSSR count). The molecule has 5 fully saturated rings. The first-order chi connectivity index (χ1) is 14.0. The van der Waals surface area contributed by atoms with Gasteiger partial charge in [-0.25, -0.2) is 0 Å². The fourth-order valence-electron chi connectivity index (χ4n) is 9.18. The minimum Gasteiger partial charge on any atom is -0.376 e. The Morgan fingerprint density at radius 1 is 1.07 bits per heavy atom. The quantitative estimate of drug-likeness (QED) is 0.672. The van der Waals surface area contributed by atoms with Gasteiger partial charge in [-0.05, 0) is 99.0 Å². The van der Waals surface area contributed by atoms with E-state index in [-0.39, 0.29) is 5.41 Å². The summed E-state index contributed by atoms with van der Waals surface area (Å²) in [6, 6.07) is 12.1. The van der Waals surface area contributed by atoms with Crippen molar-refractivity contribution < 1.29 is 0 Å². The molecule has 156 valence electrons. The van der Waals surface area contributed by atoms with Crippen molar-refractivity contribution in [1.82, 2.24) is 5.32 Å². The van der Waals surface area contributed by atoms with Crippen LogP contribution < -0.4 is 11.1 Å². The smallest absolute Gasteiger partial charge is 0.0818 e. The van der Waals surface area contributed by atoms with Gasteiger partial charge in [-0.1, -0.05) is 49.5 Å². The van der Waals surface area contributed by atoms with E-state index < -0.39 is 0 Å². The highest BCUT2D eigenvalue weighted by atomic mass is 32.1. The number of nitrogens with two attached hydrogens (primary N) is 1. The molecule has 0 aromatic heterocycles. The van der Waals surface area contributed by atoms with Crippen LogP contribution in [0.4, 0.5) is 0 Å². The lowest BCUT2D eigenvalue weighted by Crippen LogP contribution is -2.56. The van der Waals surface area contributed by atoms with Gasteiger partial charge in [0.2, 0.25) is 0 Å². The third-order valence-corrected chi connectivity index (χ3v) is 11.1. The van der Waals surface area contributed by atoms with Gasteiger partial charge in [0.15, 0.2) is 0 Å². The molecule has 1 spiro atoms. The SMILES string of the molecule is CC1C2CC3(C(=S)NC4CCC(CN)CC4)CC4(c5ccccc5)CC1C4(C2)C3. The molecule has 3 bridgehead atoms. The third-order valence-electron chi connectivity index (χ3n) is 10.5. The Kier molecular flexibility index (Phi) is 4.08. The molecule has 29 heavy (non-hydrogen) atoms. The van der Waals surface area contributed by atoms with E-state index >= 15 is 0 Å². The van der Waals surface area contributed by atoms with Crippen molar-refractivity contribution in [3.63, 3.8) is 0 Å². The lowest BCUT2D eigenvalue weighted by molar-refractivity contribution is -0.0496. The van der Waals surface area contributed by atoms with E-state index in [1.807, 2.05) is 0 Å². The molecule has 3 N–H and O–H groups in total. The first kappa shape index (κ1) is 18.8. The molecule has 1 aromatic carbocycles. The summed E-state index contributed by atoms with van der Waals surface area (Å²) in [6.45, 7) is 3.40. The zero-order valence-electron chi connectivity index (χ0n) is 17.8. The van der Waals surface area contributed by atoms with Crippen molar-refractivity contribution in [3.8, 4) is 0 Å². The molecule has 5 saturated carbocycles. The van der Waals surface area contributed by atoms with Crippen LogP contribution in [0.25, 0.3) is 0 Å². The Labute approximate surface area is 181 Å². The van der Waals surface area contributed by atoms with Gasteiger partial charge >= 0.3 is 0 Å². The molecule has 0 heterocycles. The Bertz CT molecular complexity index is 815. The Morgan fingerprint density at radius 2 is 1.83 bits per heavy atom. The van der Waals surface area contributed by atoms with Crippen LogP contribution in [0.1, 0.15) is 70.3 Å². The molecule has 5 aliphatic rings. The van der Waals surface area contributed by atoms with Crippen LogP contribution in [-0.2, 0) is 5.41 Å². The second kappa shape index (κ2) is 6.29. The molecule has 6 atom stereocenters. The number of thiocarbonyl (C=S) groups is 1. The molecule has 6 unspecified atom stereocenters. The number of rotatable bonds is 4. The number of hydrogen-bond acceptors (Lipinski definition) is 2. The minimum atomic E-state index is 0.248. The highest BCUT2D eigenvalue weighted by Gasteiger charge is 2.80. The molecular formula is C26H36N2S. The fraction of sp³-hybridized carbons (Fsp3) is 0.731. The van der Waals surface area contributed by atoms with Gasteiger partial charge in [0, 0.05) is 16.9 Å². The zero-order valence-corrected chi connectivity index (χ0v) is 18.6. The summed E-state index contributed by atoms with van der Waals surface area (Å²) in [5, 5.41) is 3.93. The van der Waals surface area contributed by atoms with Gasteiger partial charge in [-0.3, -0.25) is 0 Å². The van der Waals surface area contributed by atoms with E-state index in [1.54, 1.807) is 5.56 Å². The van der Waals surface area contributed by atoms with E-state index in [0.717, 1.165) is 30.2 Å². The van der Waals surface area contributed by atoms with Crippen LogP contribution in [0, 0.1) is 34.5 Å². The van der Waals surface area contributed by atoms with Crippen molar-refractivity contribution in [3.05, 3.63) is 35.9 Å². The van der Waals surface area contributed by atoms with Crippen LogP contribution in [-0.4, -0.2) is 17.6 Å². The van der Waals surface area contributed by atoms with Crippen molar-refractivity contribution >= 4 is 17.2 Å². The maximum atomic E-state index is 6.25. The van der Waals surface area contributed by atoms with Gasteiger partial charge in [0.25, 0.3) is 0 Å². The van der Waals surface area contributed by atoms with Crippen LogP contribution in [0.15, 0.2) is 30.3 Å². The zero-order chi connectivity index (χ0) is 19.9. The second-order valence-corrected chi connectivity index (χ2v) is 11.9. The minimum absolute atomic E-state index is 0.248. The summed E-state index contributed by atoms with van der Waals surface area (Å²) in [6.07, 6.45) is 11.9. The summed E-state index contributed by atoms with van der Waals surface area (Å²) in [5.74, 6) is 3.43. The van der Waals surface area contributed by atoms with Crippen LogP contribution in [0.2, 0.25) is 0 Å². The third kappa shape index (κ3) is 2.35. The average molecular weight is 409 g/mol. The highest BCUT2D eigenvalue weighted by molar-refractivity contribution is 7.80. The normalized spacial score (nSPS) is 49.5. The number of nitrogens with one attached hydrogen (secondary N) is 1. The van der Waals surface area contributed by atoms with Crippen molar-refractivity contribution in [1.29, 1.82) is 0 Å². The van der Waals surface area contributed by atoms with E-state index in [9.17, 15) is 0 Å². The summed E-state index contributed by atoms with van der Waals surface area (Å²) in [4.78, 5) is 1.23. The molecular weight excluding hydrogens is 372 g/mol. The van der Waals surface area contributed by atoms with Gasteiger partial charge in [0.05, 0.1) is 4.99 Å². The van der Waals surface area contributed by atoms with Gasteiger partial charge in [0.1, 0.15) is 0 Å². The maximum Gasteiger partial charge on any atom is 0.0818 e. The molecule has 0 saturated heterocycles. The second-order valence-electron chi connectivity index (χ2n) is 11.5. The van der Waals surface area contributed by atoms with Gasteiger partial charge in [-0.15, -0.1) is 0 Å². The van der Waals surface area contributed by atoms with E-state index in [4.69, 9.17) is 18.0 Å². The molecule has 3 heteroatoms.